The summed E-state index contributed by atoms with van der Waals surface area (Å²) in [6.07, 6.45) is 1.23. The number of rotatable bonds is 9. The summed E-state index contributed by atoms with van der Waals surface area (Å²) < 4.78 is 0. The number of nitrogens with two attached hydrogens (primary N) is 1. The van der Waals surface area contributed by atoms with E-state index in [1.54, 1.807) is 19.9 Å². The van der Waals surface area contributed by atoms with Gasteiger partial charge in [0.2, 0.25) is 23.6 Å². The van der Waals surface area contributed by atoms with E-state index in [0.717, 1.165) is 16.8 Å². The monoisotopic (exact) mass is 545 g/mol. The fourth-order valence-electron chi connectivity index (χ4n) is 5.15. The molecule has 0 saturated carbocycles. The van der Waals surface area contributed by atoms with Crippen LogP contribution >= 0.6 is 0 Å². The minimum absolute atomic E-state index is 0.153. The van der Waals surface area contributed by atoms with Gasteiger partial charge in [0.1, 0.15) is 6.04 Å². The minimum atomic E-state index is -1.13. The number of nitrogens with zero attached hydrogens (tertiary/aromatic N) is 2. The Morgan fingerprint density at radius 2 is 1.70 bits per heavy atom. The van der Waals surface area contributed by atoms with E-state index in [2.05, 4.69) is 17.2 Å². The van der Waals surface area contributed by atoms with Crippen LogP contribution in [-0.4, -0.2) is 41.3 Å². The Bertz CT molecular complexity index is 1300. The topological polar surface area (TPSA) is 125 Å². The Labute approximate surface area is 235 Å². The molecule has 1 unspecified atom stereocenters. The van der Waals surface area contributed by atoms with Gasteiger partial charge >= 0.3 is 0 Å². The van der Waals surface area contributed by atoms with Gasteiger partial charge in [-0.3, -0.25) is 19.2 Å². The highest BCUT2D eigenvalue weighted by molar-refractivity contribution is 6.21. The van der Waals surface area contributed by atoms with Crippen molar-refractivity contribution >= 4 is 35.0 Å². The molecule has 0 spiro atoms. The molecule has 0 aromatic heterocycles. The van der Waals surface area contributed by atoms with Crippen LogP contribution in [0.25, 0.3) is 0 Å². The highest BCUT2D eigenvalue weighted by atomic mass is 16.2. The Morgan fingerprint density at radius 1 is 1.05 bits per heavy atom. The largest absolute Gasteiger partial charge is 0.346 e. The van der Waals surface area contributed by atoms with Crippen LogP contribution in [0.4, 0.5) is 11.4 Å². The first kappa shape index (κ1) is 29.0. The van der Waals surface area contributed by atoms with Crippen LogP contribution in [0.2, 0.25) is 0 Å². The molecule has 2 aromatic rings. The van der Waals surface area contributed by atoms with Crippen molar-refractivity contribution in [2.24, 2.45) is 11.7 Å². The average Bonchev–Trinajstić information content (AvgIpc) is 3.22. The molecule has 0 bridgehead atoms. The van der Waals surface area contributed by atoms with Crippen molar-refractivity contribution in [3.63, 3.8) is 0 Å². The molecule has 0 aliphatic carbocycles. The van der Waals surface area contributed by atoms with Crippen molar-refractivity contribution in [3.05, 3.63) is 71.9 Å². The van der Waals surface area contributed by atoms with Crippen molar-refractivity contribution in [1.82, 2.24) is 10.6 Å². The Balaban J connectivity index is 1.69. The number of fused-ring (bicyclic) bond motifs is 1. The van der Waals surface area contributed by atoms with Crippen LogP contribution in [0.1, 0.15) is 58.1 Å². The molecule has 2 atom stereocenters. The zero-order valence-corrected chi connectivity index (χ0v) is 23.7. The first-order chi connectivity index (χ1) is 18.9. The second kappa shape index (κ2) is 11.6. The third-order valence-corrected chi connectivity index (χ3v) is 7.25. The number of carbonyl (C=O) groups is 4. The molecular formula is C31H39N5O4. The SMILES string of the molecule is C=C1C(NC(=O)[C@@H](CC(C)C)NC(=O)C(C)(C)N)Cc2cccc(N3C(=O)CCC3=O)c2N1Cc1ccccc1. The lowest BCUT2D eigenvalue weighted by molar-refractivity contribution is -0.131. The Kier molecular flexibility index (Phi) is 8.44. The first-order valence-electron chi connectivity index (χ1n) is 13.7. The van der Waals surface area contributed by atoms with Crippen molar-refractivity contribution in [1.29, 1.82) is 0 Å². The number of amides is 4. The Hall–Kier alpha value is -3.98. The average molecular weight is 546 g/mol. The second-order valence-electron chi connectivity index (χ2n) is 11.6. The van der Waals surface area contributed by atoms with E-state index >= 15 is 0 Å². The number of nitrogens with one attached hydrogen (secondary N) is 2. The van der Waals surface area contributed by atoms with Gasteiger partial charge in [-0.2, -0.15) is 0 Å². The maximum absolute atomic E-state index is 13.6. The van der Waals surface area contributed by atoms with Crippen LogP contribution in [0.3, 0.4) is 0 Å². The number of anilines is 2. The minimum Gasteiger partial charge on any atom is -0.346 e. The maximum atomic E-state index is 13.6. The summed E-state index contributed by atoms with van der Waals surface area (Å²) in [6.45, 7) is 12.0. The van der Waals surface area contributed by atoms with Crippen LogP contribution in [0, 0.1) is 5.92 Å². The lowest BCUT2D eigenvalue weighted by Crippen LogP contribution is -2.58. The van der Waals surface area contributed by atoms with Gasteiger partial charge in [0.25, 0.3) is 0 Å². The van der Waals surface area contributed by atoms with Crippen molar-refractivity contribution in [2.75, 3.05) is 9.80 Å². The molecule has 9 heteroatoms. The highest BCUT2D eigenvalue weighted by Crippen LogP contribution is 2.42. The summed E-state index contributed by atoms with van der Waals surface area (Å²) in [5.74, 6) is -1.03. The predicted octanol–water partition coefficient (Wildman–Crippen LogP) is 3.17. The molecule has 40 heavy (non-hydrogen) atoms. The summed E-state index contributed by atoms with van der Waals surface area (Å²) in [7, 11) is 0. The lowest BCUT2D eigenvalue weighted by atomic mass is 9.92. The quantitative estimate of drug-likeness (QED) is 0.416. The van der Waals surface area contributed by atoms with Gasteiger partial charge in [-0.15, -0.1) is 0 Å². The number of para-hydroxylation sites is 1. The smallest absolute Gasteiger partial charge is 0.243 e. The number of benzene rings is 2. The number of carbonyl (C=O) groups excluding carboxylic acids is 4. The molecule has 2 aliphatic heterocycles. The molecule has 1 fully saturated rings. The van der Waals surface area contributed by atoms with Crippen molar-refractivity contribution in [3.8, 4) is 0 Å². The standard InChI is InChI=1S/C31H39N5O4/c1-19(2)16-24(34-30(40)31(4,5)32)29(39)33-23-17-22-12-9-13-25(36-26(37)14-15-27(36)38)28(22)35(20(23)3)18-21-10-7-6-8-11-21/h6-13,19,23-24H,3,14-18,32H2,1-2,4-5H3,(H,33,39)(H,34,40)/t23?,24-/m1/s1. The van der Waals surface area contributed by atoms with Gasteiger partial charge in [-0.1, -0.05) is 62.9 Å². The molecule has 4 amide bonds. The molecule has 9 nitrogen and oxygen atoms in total. The molecule has 2 heterocycles. The molecule has 2 aromatic carbocycles. The van der Waals surface area contributed by atoms with E-state index in [0.29, 0.717) is 30.8 Å². The van der Waals surface area contributed by atoms with Crippen LogP contribution in [0.5, 0.6) is 0 Å². The fraction of sp³-hybridized carbons (Fsp3) is 0.419. The summed E-state index contributed by atoms with van der Waals surface area (Å²) in [6, 6.07) is 14.1. The molecule has 212 valence electrons. The van der Waals surface area contributed by atoms with E-state index < -0.39 is 23.5 Å². The zero-order chi connectivity index (χ0) is 29.2. The molecule has 4 N–H and O–H groups in total. The van der Waals surface area contributed by atoms with Gasteiger partial charge in [0.15, 0.2) is 0 Å². The van der Waals surface area contributed by atoms with E-state index in [1.807, 2.05) is 61.2 Å². The Morgan fingerprint density at radius 3 is 2.30 bits per heavy atom. The normalized spacial score (nSPS) is 18.1. The van der Waals surface area contributed by atoms with Crippen molar-refractivity contribution in [2.45, 2.75) is 77.5 Å². The molecule has 0 radical (unpaired) electrons. The number of hydrogen-bond donors (Lipinski definition) is 3. The van der Waals surface area contributed by atoms with Gasteiger partial charge < -0.3 is 21.3 Å². The fourth-order valence-corrected chi connectivity index (χ4v) is 5.15. The summed E-state index contributed by atoms with van der Waals surface area (Å²) in [4.78, 5) is 54.9. The number of hydrogen-bond acceptors (Lipinski definition) is 6. The second-order valence-corrected chi connectivity index (χ2v) is 11.6. The molecular weight excluding hydrogens is 506 g/mol. The zero-order valence-electron chi connectivity index (χ0n) is 23.7. The van der Waals surface area contributed by atoms with Crippen molar-refractivity contribution < 1.29 is 19.2 Å². The van der Waals surface area contributed by atoms with E-state index in [9.17, 15) is 19.2 Å². The summed E-state index contributed by atoms with van der Waals surface area (Å²) in [5.41, 5.74) is 8.63. The van der Waals surface area contributed by atoms with Gasteiger partial charge in [-0.05, 0) is 43.4 Å². The summed E-state index contributed by atoms with van der Waals surface area (Å²) in [5, 5.41) is 5.93. The van der Waals surface area contributed by atoms with Crippen LogP contribution in [0.15, 0.2) is 60.8 Å². The van der Waals surface area contributed by atoms with Crippen LogP contribution in [-0.2, 0) is 32.1 Å². The van der Waals surface area contributed by atoms with E-state index in [-0.39, 0.29) is 36.5 Å². The third-order valence-electron chi connectivity index (χ3n) is 7.25. The molecule has 1 saturated heterocycles. The number of imide groups is 1. The maximum Gasteiger partial charge on any atom is 0.243 e. The lowest BCUT2D eigenvalue weighted by Gasteiger charge is -2.41. The van der Waals surface area contributed by atoms with Crippen LogP contribution < -0.4 is 26.2 Å². The predicted molar refractivity (Wildman–Crippen MR) is 155 cm³/mol. The first-order valence-corrected chi connectivity index (χ1v) is 13.7. The van der Waals surface area contributed by atoms with Gasteiger partial charge in [-0.25, -0.2) is 4.90 Å². The van der Waals surface area contributed by atoms with Gasteiger partial charge in [0, 0.05) is 31.5 Å². The highest BCUT2D eigenvalue weighted by Gasteiger charge is 2.38. The third kappa shape index (κ3) is 6.25. The van der Waals surface area contributed by atoms with E-state index in [4.69, 9.17) is 5.73 Å². The van der Waals surface area contributed by atoms with E-state index in [1.165, 1.54) is 4.90 Å². The van der Waals surface area contributed by atoms with Gasteiger partial charge in [0.05, 0.1) is 23.0 Å². The summed E-state index contributed by atoms with van der Waals surface area (Å²) >= 11 is 0. The molecule has 4 rings (SSSR count). The molecule has 2 aliphatic rings.